The predicted molar refractivity (Wildman–Crippen MR) is 53.5 cm³/mol. The molecule has 0 unspecified atom stereocenters. The molecule has 1 rings (SSSR count). The van der Waals surface area contributed by atoms with Crippen molar-refractivity contribution >= 4 is 33.2 Å². The second-order valence-corrected chi connectivity index (χ2v) is 3.44. The Morgan fingerprint density at radius 2 is 2.27 bits per heavy atom. The van der Waals surface area contributed by atoms with Crippen LogP contribution in [0.5, 0.6) is 0 Å². The molecular weight excluding hydrogens is 297 g/mol. The number of alkyl halides is 3. The summed E-state index contributed by atoms with van der Waals surface area (Å²) in [5.41, 5.74) is -1.44. The van der Waals surface area contributed by atoms with Gasteiger partial charge in [-0.1, -0.05) is 27.5 Å². The largest absolute Gasteiger partial charge is 0.286 e. The Bertz CT molecular complexity index is 403. The third-order valence-corrected chi connectivity index (χ3v) is 2.56. The van der Waals surface area contributed by atoms with E-state index in [1.807, 2.05) is 0 Å². The van der Waals surface area contributed by atoms with Crippen molar-refractivity contribution in [3.63, 3.8) is 0 Å². The van der Waals surface area contributed by atoms with Crippen LogP contribution in [0.1, 0.15) is 17.6 Å². The Morgan fingerprint density at radius 3 is 2.67 bits per heavy atom. The molecule has 0 spiro atoms. The number of pyridine rings is 1. The van der Waals surface area contributed by atoms with Crippen LogP contribution in [0.25, 0.3) is 0 Å². The van der Waals surface area contributed by atoms with E-state index in [1.165, 1.54) is 0 Å². The first-order valence-electron chi connectivity index (χ1n) is 3.64. The van der Waals surface area contributed by atoms with Gasteiger partial charge in [-0.25, -0.2) is 13.8 Å². The first kappa shape index (κ1) is 12.3. The summed E-state index contributed by atoms with van der Waals surface area (Å²) in [7, 11) is 0. The Labute approximate surface area is 96.5 Å². The second kappa shape index (κ2) is 4.80. The van der Waals surface area contributed by atoms with Crippen LogP contribution in [0.4, 0.5) is 14.5 Å². The Morgan fingerprint density at radius 1 is 1.67 bits per heavy atom. The van der Waals surface area contributed by atoms with Gasteiger partial charge in [-0.15, -0.1) is 0 Å². The summed E-state index contributed by atoms with van der Waals surface area (Å²) in [5, 5.41) is 10.5. The SMILES string of the molecule is O=[N+]([O-])c1c(C(F)F)cnc(Cl)c1CBr. The highest BCUT2D eigenvalue weighted by atomic mass is 79.9. The lowest BCUT2D eigenvalue weighted by molar-refractivity contribution is -0.387. The minimum atomic E-state index is -2.95. The van der Waals surface area contributed by atoms with E-state index < -0.39 is 22.6 Å². The molecule has 0 aliphatic carbocycles. The minimum absolute atomic E-state index is 0.00426. The number of aromatic nitrogens is 1. The third-order valence-electron chi connectivity index (χ3n) is 1.68. The van der Waals surface area contributed by atoms with Crippen LogP contribution in [-0.2, 0) is 5.33 Å². The van der Waals surface area contributed by atoms with Crippen molar-refractivity contribution in [2.45, 2.75) is 11.8 Å². The van der Waals surface area contributed by atoms with Gasteiger partial charge >= 0.3 is 0 Å². The molecule has 0 radical (unpaired) electrons. The summed E-state index contributed by atoms with van der Waals surface area (Å²) < 4.78 is 24.9. The fourth-order valence-electron chi connectivity index (χ4n) is 1.03. The fraction of sp³-hybridized carbons (Fsp3) is 0.286. The lowest BCUT2D eigenvalue weighted by atomic mass is 10.1. The minimum Gasteiger partial charge on any atom is -0.258 e. The molecule has 0 saturated carbocycles. The van der Waals surface area contributed by atoms with Gasteiger partial charge in [-0.3, -0.25) is 10.1 Å². The molecule has 82 valence electrons. The summed E-state index contributed by atoms with van der Waals surface area (Å²) in [6.45, 7) is 0. The van der Waals surface area contributed by atoms with Gasteiger partial charge in [-0.2, -0.15) is 0 Å². The first-order chi connectivity index (χ1) is 6.99. The average Bonchev–Trinajstić information content (AvgIpc) is 2.16. The van der Waals surface area contributed by atoms with Gasteiger partial charge in [0, 0.05) is 11.5 Å². The Hall–Kier alpha value is -0.820. The van der Waals surface area contributed by atoms with Crippen LogP contribution in [-0.4, -0.2) is 9.91 Å². The number of halogens is 4. The molecule has 0 bridgehead atoms. The maximum Gasteiger partial charge on any atom is 0.286 e. The molecule has 1 heterocycles. The van der Waals surface area contributed by atoms with Gasteiger partial charge in [0.2, 0.25) is 0 Å². The Balaban J connectivity index is 3.49. The van der Waals surface area contributed by atoms with Gasteiger partial charge in [-0.05, 0) is 0 Å². The number of nitrogens with zero attached hydrogens (tertiary/aromatic N) is 2. The topological polar surface area (TPSA) is 56.0 Å². The van der Waals surface area contributed by atoms with E-state index >= 15 is 0 Å². The predicted octanol–water partition coefficient (Wildman–Crippen LogP) is 3.48. The van der Waals surface area contributed by atoms with Crippen molar-refractivity contribution in [1.29, 1.82) is 0 Å². The van der Waals surface area contributed by atoms with Crippen LogP contribution in [0.2, 0.25) is 5.15 Å². The standard InChI is InChI=1S/C7H4BrClF2N2O2/c8-1-3-5(13(14)15)4(7(10)11)2-12-6(3)9/h2,7H,1H2. The molecule has 0 atom stereocenters. The molecule has 4 nitrogen and oxygen atoms in total. The quantitative estimate of drug-likeness (QED) is 0.372. The molecule has 15 heavy (non-hydrogen) atoms. The van der Waals surface area contributed by atoms with Crippen LogP contribution in [0, 0.1) is 10.1 Å². The number of nitro groups is 1. The van der Waals surface area contributed by atoms with Crippen molar-refractivity contribution in [2.75, 3.05) is 0 Å². The Kier molecular flexibility index (Phi) is 3.92. The molecule has 1 aromatic heterocycles. The van der Waals surface area contributed by atoms with E-state index in [-0.39, 0.29) is 16.0 Å². The molecule has 0 aliphatic rings. The summed E-state index contributed by atoms with van der Waals surface area (Å²) in [5.74, 6) is 0. The van der Waals surface area contributed by atoms with Crippen molar-refractivity contribution < 1.29 is 13.7 Å². The average molecular weight is 301 g/mol. The molecule has 1 aromatic rings. The van der Waals surface area contributed by atoms with Crippen molar-refractivity contribution in [3.05, 3.63) is 32.6 Å². The fourth-order valence-corrected chi connectivity index (χ4v) is 1.93. The second-order valence-electron chi connectivity index (χ2n) is 2.52. The molecule has 0 amide bonds. The number of rotatable bonds is 3. The molecule has 0 saturated heterocycles. The highest BCUT2D eigenvalue weighted by molar-refractivity contribution is 9.08. The van der Waals surface area contributed by atoms with Gasteiger partial charge in [0.05, 0.1) is 10.5 Å². The van der Waals surface area contributed by atoms with E-state index in [4.69, 9.17) is 11.6 Å². The highest BCUT2D eigenvalue weighted by Crippen LogP contribution is 2.35. The summed E-state index contributed by atoms with van der Waals surface area (Å²) in [4.78, 5) is 13.2. The van der Waals surface area contributed by atoms with E-state index in [0.29, 0.717) is 0 Å². The van der Waals surface area contributed by atoms with E-state index in [2.05, 4.69) is 20.9 Å². The molecule has 0 aromatic carbocycles. The molecule has 0 N–H and O–H groups in total. The molecule has 0 aliphatic heterocycles. The van der Waals surface area contributed by atoms with Gasteiger partial charge in [0.15, 0.2) is 0 Å². The molecular formula is C7H4BrClF2N2O2. The zero-order chi connectivity index (χ0) is 11.6. The van der Waals surface area contributed by atoms with Crippen LogP contribution in [0.3, 0.4) is 0 Å². The maximum atomic E-state index is 12.4. The van der Waals surface area contributed by atoms with E-state index in [9.17, 15) is 18.9 Å². The summed E-state index contributed by atoms with van der Waals surface area (Å²) >= 11 is 8.50. The molecule has 8 heteroatoms. The van der Waals surface area contributed by atoms with E-state index in [1.54, 1.807) is 0 Å². The highest BCUT2D eigenvalue weighted by Gasteiger charge is 2.27. The van der Waals surface area contributed by atoms with E-state index in [0.717, 1.165) is 6.20 Å². The lowest BCUT2D eigenvalue weighted by Crippen LogP contribution is -2.02. The van der Waals surface area contributed by atoms with Gasteiger partial charge in [0.1, 0.15) is 10.7 Å². The monoisotopic (exact) mass is 300 g/mol. The number of hydrogen-bond donors (Lipinski definition) is 0. The first-order valence-corrected chi connectivity index (χ1v) is 5.14. The van der Waals surface area contributed by atoms with Gasteiger partial charge in [0.25, 0.3) is 12.1 Å². The van der Waals surface area contributed by atoms with Gasteiger partial charge < -0.3 is 0 Å². The molecule has 0 fully saturated rings. The zero-order valence-corrected chi connectivity index (χ0v) is 9.43. The summed E-state index contributed by atoms with van der Waals surface area (Å²) in [6, 6.07) is 0. The van der Waals surface area contributed by atoms with Crippen LogP contribution >= 0.6 is 27.5 Å². The normalized spacial score (nSPS) is 10.7. The lowest BCUT2D eigenvalue weighted by Gasteiger charge is -2.05. The third kappa shape index (κ3) is 2.40. The zero-order valence-electron chi connectivity index (χ0n) is 7.08. The van der Waals surface area contributed by atoms with Crippen LogP contribution < -0.4 is 0 Å². The smallest absolute Gasteiger partial charge is 0.258 e. The van der Waals surface area contributed by atoms with Crippen LogP contribution in [0.15, 0.2) is 6.20 Å². The summed E-state index contributed by atoms with van der Waals surface area (Å²) in [6.07, 6.45) is -2.23. The van der Waals surface area contributed by atoms with Crippen molar-refractivity contribution in [1.82, 2.24) is 4.98 Å². The number of hydrogen-bond acceptors (Lipinski definition) is 3. The maximum absolute atomic E-state index is 12.4. The van der Waals surface area contributed by atoms with Crippen molar-refractivity contribution in [3.8, 4) is 0 Å². The van der Waals surface area contributed by atoms with Crippen molar-refractivity contribution in [2.24, 2.45) is 0 Å².